The number of aryl methyl sites for hydroxylation is 1. The first-order valence-electron chi connectivity index (χ1n) is 6.69. The maximum Gasteiger partial charge on any atom is 0.0590 e. The first-order chi connectivity index (χ1) is 9.20. The molecule has 1 nitrogen and oxygen atoms in total. The van der Waals surface area contributed by atoms with Crippen LogP contribution in [0.15, 0.2) is 29.6 Å². The zero-order valence-electron chi connectivity index (χ0n) is 11.2. The topological polar surface area (TPSA) is 12.0 Å². The Hall–Kier alpha value is -0.830. The summed E-state index contributed by atoms with van der Waals surface area (Å²) in [5, 5.41) is 6.52. The normalized spacial score (nSPS) is 18.8. The predicted octanol–water partition coefficient (Wildman–Crippen LogP) is 4.70. The summed E-state index contributed by atoms with van der Waals surface area (Å²) >= 11 is 8.17. The number of fused-ring (bicyclic) bond motifs is 1. The molecular weight excluding hydrogens is 274 g/mol. The van der Waals surface area contributed by atoms with Gasteiger partial charge in [-0.1, -0.05) is 35.9 Å². The quantitative estimate of drug-likeness (QED) is 0.861. The summed E-state index contributed by atoms with van der Waals surface area (Å²) in [5.74, 6) is 0.673. The second-order valence-electron chi connectivity index (χ2n) is 5.27. The van der Waals surface area contributed by atoms with Gasteiger partial charge in [-0.25, -0.2) is 0 Å². The highest BCUT2D eigenvalue weighted by atomic mass is 35.5. The van der Waals surface area contributed by atoms with E-state index in [0.29, 0.717) is 12.0 Å². The first-order valence-corrected chi connectivity index (χ1v) is 7.95. The van der Waals surface area contributed by atoms with Crippen LogP contribution < -0.4 is 5.32 Å². The predicted molar refractivity (Wildman–Crippen MR) is 83.4 cm³/mol. The van der Waals surface area contributed by atoms with Gasteiger partial charge >= 0.3 is 0 Å². The summed E-state index contributed by atoms with van der Waals surface area (Å²) in [7, 11) is 2.03. The third-order valence-corrected chi connectivity index (χ3v) is 5.90. The number of benzene rings is 1. The van der Waals surface area contributed by atoms with E-state index in [4.69, 9.17) is 11.6 Å². The van der Waals surface area contributed by atoms with Gasteiger partial charge in [0.25, 0.3) is 0 Å². The number of nitrogens with one attached hydrogen (secondary N) is 1. The van der Waals surface area contributed by atoms with E-state index in [2.05, 4.69) is 41.9 Å². The lowest BCUT2D eigenvalue weighted by molar-refractivity contribution is 0.457. The fourth-order valence-corrected chi connectivity index (χ4v) is 4.35. The minimum Gasteiger partial charge on any atom is -0.312 e. The van der Waals surface area contributed by atoms with Crippen molar-refractivity contribution >= 4 is 22.9 Å². The third kappa shape index (κ3) is 2.33. The van der Waals surface area contributed by atoms with Gasteiger partial charge in [-0.2, -0.15) is 0 Å². The van der Waals surface area contributed by atoms with E-state index in [1.54, 1.807) is 11.3 Å². The smallest absolute Gasteiger partial charge is 0.0590 e. The van der Waals surface area contributed by atoms with E-state index < -0.39 is 0 Å². The molecule has 0 amide bonds. The fourth-order valence-electron chi connectivity index (χ4n) is 2.90. The van der Waals surface area contributed by atoms with Gasteiger partial charge in [0.1, 0.15) is 0 Å². The Morgan fingerprint density at radius 2 is 2.21 bits per heavy atom. The van der Waals surface area contributed by atoms with Crippen molar-refractivity contribution in [2.45, 2.75) is 31.7 Å². The van der Waals surface area contributed by atoms with Crippen molar-refractivity contribution in [3.8, 4) is 0 Å². The maximum absolute atomic E-state index is 6.40. The van der Waals surface area contributed by atoms with Crippen LogP contribution >= 0.6 is 22.9 Å². The van der Waals surface area contributed by atoms with Crippen LogP contribution in [0.3, 0.4) is 0 Å². The molecule has 100 valence electrons. The molecule has 1 N–H and O–H groups in total. The van der Waals surface area contributed by atoms with Crippen molar-refractivity contribution in [1.82, 2.24) is 5.32 Å². The second-order valence-corrected chi connectivity index (χ2v) is 6.56. The number of rotatable bonds is 4. The molecule has 3 rings (SSSR count). The summed E-state index contributed by atoms with van der Waals surface area (Å²) in [5.41, 5.74) is 4.22. The summed E-state index contributed by atoms with van der Waals surface area (Å²) in [6, 6.07) is 9.13. The van der Waals surface area contributed by atoms with Crippen molar-refractivity contribution < 1.29 is 0 Å². The molecule has 1 aromatic heterocycles. The van der Waals surface area contributed by atoms with Gasteiger partial charge in [-0.3, -0.25) is 0 Å². The molecule has 2 aromatic rings. The highest BCUT2D eigenvalue weighted by Gasteiger charge is 2.29. The van der Waals surface area contributed by atoms with Crippen molar-refractivity contribution in [3.05, 3.63) is 56.2 Å². The highest BCUT2D eigenvalue weighted by Crippen LogP contribution is 2.43. The molecule has 0 aliphatic heterocycles. The van der Waals surface area contributed by atoms with Gasteiger partial charge in [0.05, 0.1) is 5.02 Å². The molecule has 0 radical (unpaired) electrons. The average molecular weight is 292 g/mol. The lowest BCUT2D eigenvalue weighted by Gasteiger charge is -2.33. The zero-order valence-corrected chi connectivity index (χ0v) is 12.8. The van der Waals surface area contributed by atoms with Crippen molar-refractivity contribution in [2.75, 3.05) is 7.05 Å². The van der Waals surface area contributed by atoms with Gasteiger partial charge in [0, 0.05) is 10.9 Å². The van der Waals surface area contributed by atoms with E-state index in [1.807, 2.05) is 7.05 Å². The van der Waals surface area contributed by atoms with Crippen LogP contribution in [0.5, 0.6) is 0 Å². The molecular formula is C16H18ClNS. The minimum atomic E-state index is 0.365. The third-order valence-electron chi connectivity index (χ3n) is 4.07. The molecule has 2 unspecified atom stereocenters. The molecule has 0 saturated heterocycles. The van der Waals surface area contributed by atoms with Crippen LogP contribution in [-0.4, -0.2) is 7.05 Å². The summed E-state index contributed by atoms with van der Waals surface area (Å²) < 4.78 is 0. The van der Waals surface area contributed by atoms with Crippen LogP contribution in [0, 0.1) is 6.92 Å². The number of hydrogen-bond donors (Lipinski definition) is 1. The van der Waals surface area contributed by atoms with E-state index in [1.165, 1.54) is 28.0 Å². The van der Waals surface area contributed by atoms with Gasteiger partial charge in [-0.05, 0) is 54.8 Å². The summed E-state index contributed by atoms with van der Waals surface area (Å²) in [4.78, 5) is 1.28. The van der Waals surface area contributed by atoms with Gasteiger partial charge in [0.15, 0.2) is 0 Å². The monoisotopic (exact) mass is 291 g/mol. The van der Waals surface area contributed by atoms with Crippen molar-refractivity contribution in [1.29, 1.82) is 0 Å². The van der Waals surface area contributed by atoms with E-state index in [0.717, 1.165) is 11.4 Å². The Labute approximate surface area is 123 Å². The molecule has 1 aliphatic rings. The van der Waals surface area contributed by atoms with Crippen molar-refractivity contribution in [2.24, 2.45) is 0 Å². The van der Waals surface area contributed by atoms with Gasteiger partial charge < -0.3 is 5.32 Å². The van der Waals surface area contributed by atoms with Crippen LogP contribution in [0.2, 0.25) is 5.02 Å². The Bertz CT molecular complexity index is 590. The van der Waals surface area contributed by atoms with E-state index in [9.17, 15) is 0 Å². The molecule has 2 atom stereocenters. The molecule has 0 fully saturated rings. The SMILES string of the molecule is CNC(CC1Cc2ccccc21)c1scc(C)c1Cl. The fraction of sp³-hybridized carbons (Fsp3) is 0.375. The minimum absolute atomic E-state index is 0.365. The Kier molecular flexibility index (Phi) is 3.66. The lowest BCUT2D eigenvalue weighted by Crippen LogP contribution is -2.24. The molecule has 3 heteroatoms. The van der Waals surface area contributed by atoms with Gasteiger partial charge in [0.2, 0.25) is 0 Å². The molecule has 19 heavy (non-hydrogen) atoms. The van der Waals surface area contributed by atoms with Crippen LogP contribution in [0.25, 0.3) is 0 Å². The Balaban J connectivity index is 1.77. The van der Waals surface area contributed by atoms with Crippen molar-refractivity contribution in [3.63, 3.8) is 0 Å². The highest BCUT2D eigenvalue weighted by molar-refractivity contribution is 7.10. The number of thiophene rings is 1. The standard InChI is InChI=1S/C16H18ClNS/c1-10-9-19-16(15(10)17)14(18-2)8-12-7-11-5-3-4-6-13(11)12/h3-6,9,12,14,18H,7-8H2,1-2H3. The summed E-state index contributed by atoms with van der Waals surface area (Å²) in [6.45, 7) is 2.08. The molecule has 0 saturated carbocycles. The van der Waals surface area contributed by atoms with E-state index in [-0.39, 0.29) is 0 Å². The molecule has 0 bridgehead atoms. The molecule has 1 aliphatic carbocycles. The largest absolute Gasteiger partial charge is 0.312 e. The molecule has 1 heterocycles. The van der Waals surface area contributed by atoms with Crippen LogP contribution in [0.4, 0.5) is 0 Å². The first kappa shape index (κ1) is 13.2. The van der Waals surface area contributed by atoms with Crippen LogP contribution in [-0.2, 0) is 6.42 Å². The zero-order chi connectivity index (χ0) is 13.4. The number of halogens is 1. The Morgan fingerprint density at radius 1 is 1.42 bits per heavy atom. The van der Waals surface area contributed by atoms with E-state index >= 15 is 0 Å². The van der Waals surface area contributed by atoms with Crippen LogP contribution in [0.1, 0.15) is 39.9 Å². The lowest BCUT2D eigenvalue weighted by atomic mass is 9.74. The molecule has 1 aromatic carbocycles. The van der Waals surface area contributed by atoms with Gasteiger partial charge in [-0.15, -0.1) is 11.3 Å². The average Bonchev–Trinajstić information content (AvgIpc) is 2.72. The Morgan fingerprint density at radius 3 is 2.84 bits per heavy atom. The number of hydrogen-bond acceptors (Lipinski definition) is 2. The summed E-state index contributed by atoms with van der Waals surface area (Å²) in [6.07, 6.45) is 2.34. The molecule has 0 spiro atoms. The maximum atomic E-state index is 6.40. The second kappa shape index (κ2) is 5.28.